The van der Waals surface area contributed by atoms with Gasteiger partial charge in [-0.15, -0.1) is 0 Å². The van der Waals surface area contributed by atoms with Crippen LogP contribution in [0.5, 0.6) is 0 Å². The summed E-state index contributed by atoms with van der Waals surface area (Å²) in [6.45, 7) is 2.27. The number of rotatable bonds is 4. The molecule has 1 saturated carbocycles. The topological polar surface area (TPSA) is 86.2 Å². The molecule has 1 aromatic carbocycles. The third kappa shape index (κ3) is 2.06. The minimum absolute atomic E-state index is 0.177. The molecule has 1 aliphatic carbocycles. The van der Waals surface area contributed by atoms with Crippen molar-refractivity contribution in [2.75, 3.05) is 12.8 Å². The smallest absolute Gasteiger partial charge is 0.152 e. The van der Waals surface area contributed by atoms with E-state index < -0.39 is 20.6 Å². The summed E-state index contributed by atoms with van der Waals surface area (Å²) in [6.07, 6.45) is 2.19. The molecule has 0 spiro atoms. The lowest BCUT2D eigenvalue weighted by Gasteiger charge is -2.07. The molecule has 3 atom stereocenters. The summed E-state index contributed by atoms with van der Waals surface area (Å²) >= 11 is 0. The average Bonchev–Trinajstić information content (AvgIpc) is 2.97. The van der Waals surface area contributed by atoms with Gasteiger partial charge in [0, 0.05) is 18.7 Å². The molecule has 0 radical (unpaired) electrons. The molecule has 0 unspecified atom stereocenters. The largest absolute Gasteiger partial charge is 0.329 e. The predicted molar refractivity (Wildman–Crippen MR) is 73.2 cm³/mol. The summed E-state index contributed by atoms with van der Waals surface area (Å²) in [5, 5.41) is -0.553. The van der Waals surface area contributed by atoms with Gasteiger partial charge in [-0.3, -0.25) is 0 Å². The van der Waals surface area contributed by atoms with Crippen molar-refractivity contribution in [3.05, 3.63) is 35.4 Å². The van der Waals surface area contributed by atoms with Crippen LogP contribution in [0.25, 0.3) is 0 Å². The van der Waals surface area contributed by atoms with Gasteiger partial charge in [0.2, 0.25) is 0 Å². The Labute approximate surface area is 108 Å². The first-order valence-electron chi connectivity index (χ1n) is 6.11. The number of aryl methyl sites for hydroxylation is 1. The summed E-state index contributed by atoms with van der Waals surface area (Å²) in [6, 6.07) is 7.96. The Balaban J connectivity index is 2.33. The molecular weight excluding hydrogens is 248 g/mol. The van der Waals surface area contributed by atoms with Crippen LogP contribution in [0.4, 0.5) is 0 Å². The first-order valence-corrected chi connectivity index (χ1v) is 8.06. The maximum absolute atomic E-state index is 11.7. The summed E-state index contributed by atoms with van der Waals surface area (Å²) < 4.78 is 23.5. The molecule has 0 saturated heterocycles. The quantitative estimate of drug-likeness (QED) is 0.828. The maximum Gasteiger partial charge on any atom is 0.152 e. The molecule has 100 valence electrons. The van der Waals surface area contributed by atoms with Gasteiger partial charge in [-0.05, 0) is 17.5 Å². The second-order valence-corrected chi connectivity index (χ2v) is 7.31. The highest BCUT2D eigenvalue weighted by Crippen LogP contribution is 2.53. The van der Waals surface area contributed by atoms with E-state index in [4.69, 9.17) is 11.5 Å². The van der Waals surface area contributed by atoms with Crippen LogP contribution >= 0.6 is 0 Å². The monoisotopic (exact) mass is 268 g/mol. The second kappa shape index (κ2) is 4.33. The molecule has 0 amide bonds. The molecule has 0 bridgehead atoms. The number of hydrogen-bond donors (Lipinski definition) is 2. The van der Waals surface area contributed by atoms with Crippen LogP contribution < -0.4 is 11.5 Å². The lowest BCUT2D eigenvalue weighted by atomic mass is 10.0. The van der Waals surface area contributed by atoms with Crippen molar-refractivity contribution in [1.82, 2.24) is 0 Å². The fraction of sp³-hybridized carbons (Fsp3) is 0.538. The fourth-order valence-electron chi connectivity index (χ4n) is 2.76. The highest BCUT2D eigenvalue weighted by atomic mass is 32.2. The second-order valence-electron chi connectivity index (χ2n) is 5.14. The first-order chi connectivity index (χ1) is 8.34. The van der Waals surface area contributed by atoms with E-state index in [0.29, 0.717) is 0 Å². The van der Waals surface area contributed by atoms with Crippen LogP contribution in [-0.2, 0) is 16.3 Å². The van der Waals surface area contributed by atoms with E-state index in [0.717, 1.165) is 12.0 Å². The Morgan fingerprint density at radius 1 is 1.28 bits per heavy atom. The highest BCUT2D eigenvalue weighted by molar-refractivity contribution is 7.91. The Hall–Kier alpha value is -0.910. The van der Waals surface area contributed by atoms with Crippen LogP contribution in [0.15, 0.2) is 24.3 Å². The summed E-state index contributed by atoms with van der Waals surface area (Å²) in [5.74, 6) is -0.177. The molecule has 1 fully saturated rings. The van der Waals surface area contributed by atoms with E-state index in [1.165, 1.54) is 11.8 Å². The van der Waals surface area contributed by atoms with Gasteiger partial charge < -0.3 is 11.5 Å². The molecule has 1 aliphatic rings. The van der Waals surface area contributed by atoms with E-state index in [1.54, 1.807) is 0 Å². The van der Waals surface area contributed by atoms with Gasteiger partial charge in [0.15, 0.2) is 9.84 Å². The lowest BCUT2D eigenvalue weighted by Crippen LogP contribution is -2.38. The van der Waals surface area contributed by atoms with Crippen molar-refractivity contribution in [3.63, 3.8) is 0 Å². The Kier molecular flexibility index (Phi) is 3.25. The molecule has 0 aromatic heterocycles. The normalized spacial score (nSPS) is 31.3. The summed E-state index contributed by atoms with van der Waals surface area (Å²) in [7, 11) is -3.17. The van der Waals surface area contributed by atoms with Gasteiger partial charge in [0.25, 0.3) is 0 Å². The Morgan fingerprint density at radius 3 is 2.17 bits per heavy atom. The van der Waals surface area contributed by atoms with Crippen molar-refractivity contribution in [2.24, 2.45) is 11.5 Å². The van der Waals surface area contributed by atoms with Gasteiger partial charge >= 0.3 is 0 Å². The summed E-state index contributed by atoms with van der Waals surface area (Å²) in [4.78, 5) is 0. The van der Waals surface area contributed by atoms with Gasteiger partial charge in [0.1, 0.15) is 0 Å². The van der Waals surface area contributed by atoms with Crippen LogP contribution in [0.3, 0.4) is 0 Å². The number of sulfone groups is 1. The molecule has 0 heterocycles. The summed E-state index contributed by atoms with van der Waals surface area (Å²) in [5.41, 5.74) is 13.2. The standard InChI is InChI=1S/C13H20N2O2S/c1-3-9-4-6-10(7-5-9)11-12(18(2,16)17)13(11,15)8-14/h4-7,11-12H,3,8,14-15H2,1-2H3/t11-,12-,13+/m1/s1. The molecular formula is C13H20N2O2S. The van der Waals surface area contributed by atoms with Gasteiger partial charge in [-0.2, -0.15) is 0 Å². The molecule has 2 rings (SSSR count). The zero-order valence-corrected chi connectivity index (χ0v) is 11.6. The zero-order chi connectivity index (χ0) is 13.6. The molecule has 4 N–H and O–H groups in total. The van der Waals surface area contributed by atoms with Crippen molar-refractivity contribution >= 4 is 9.84 Å². The lowest BCUT2D eigenvalue weighted by molar-refractivity contribution is 0.591. The predicted octanol–water partition coefficient (Wildman–Crippen LogP) is 0.416. The maximum atomic E-state index is 11.7. The van der Waals surface area contributed by atoms with Gasteiger partial charge in [-0.1, -0.05) is 31.2 Å². The van der Waals surface area contributed by atoms with Crippen molar-refractivity contribution in [3.8, 4) is 0 Å². The number of nitrogens with two attached hydrogens (primary N) is 2. The fourth-order valence-corrected chi connectivity index (χ4v) is 4.62. The van der Waals surface area contributed by atoms with Crippen LogP contribution in [0.1, 0.15) is 24.0 Å². The van der Waals surface area contributed by atoms with Gasteiger partial charge in [-0.25, -0.2) is 8.42 Å². The van der Waals surface area contributed by atoms with E-state index in [1.807, 2.05) is 24.3 Å². The third-order valence-corrected chi connectivity index (χ3v) is 5.50. The van der Waals surface area contributed by atoms with Crippen LogP contribution in [0.2, 0.25) is 0 Å². The van der Waals surface area contributed by atoms with E-state index in [9.17, 15) is 8.42 Å². The highest BCUT2D eigenvalue weighted by Gasteiger charge is 2.67. The molecule has 18 heavy (non-hydrogen) atoms. The zero-order valence-electron chi connectivity index (χ0n) is 10.8. The van der Waals surface area contributed by atoms with Gasteiger partial charge in [0.05, 0.1) is 10.8 Å². The first kappa shape index (κ1) is 13.5. The minimum Gasteiger partial charge on any atom is -0.329 e. The van der Waals surface area contributed by atoms with E-state index >= 15 is 0 Å². The van der Waals surface area contributed by atoms with Crippen molar-refractivity contribution < 1.29 is 8.42 Å². The number of benzene rings is 1. The minimum atomic E-state index is -3.17. The van der Waals surface area contributed by atoms with E-state index in [-0.39, 0.29) is 12.5 Å². The van der Waals surface area contributed by atoms with Crippen molar-refractivity contribution in [2.45, 2.75) is 30.1 Å². The SMILES string of the molecule is CCc1ccc([C@@H]2[C@@H](S(C)(=O)=O)[C@]2(N)CN)cc1. The molecule has 1 aromatic rings. The number of hydrogen-bond acceptors (Lipinski definition) is 4. The van der Waals surface area contributed by atoms with E-state index in [2.05, 4.69) is 6.92 Å². The van der Waals surface area contributed by atoms with Crippen LogP contribution in [-0.4, -0.2) is 32.0 Å². The Morgan fingerprint density at radius 2 is 1.83 bits per heavy atom. The average molecular weight is 268 g/mol. The van der Waals surface area contributed by atoms with Crippen molar-refractivity contribution in [1.29, 1.82) is 0 Å². The molecule has 0 aliphatic heterocycles. The molecule has 4 nitrogen and oxygen atoms in total. The Bertz CT molecular complexity index is 539. The third-order valence-electron chi connectivity index (χ3n) is 3.86. The van der Waals surface area contributed by atoms with Crippen LogP contribution in [0, 0.1) is 0 Å². The molecule has 5 heteroatoms.